The van der Waals surface area contributed by atoms with Crippen LogP contribution in [0, 0.1) is 22.7 Å². The Morgan fingerprint density at radius 2 is 1.78 bits per heavy atom. The second kappa shape index (κ2) is 6.29. The van der Waals surface area contributed by atoms with Crippen LogP contribution in [-0.2, 0) is 0 Å². The quantitative estimate of drug-likeness (QED) is 0.811. The number of hydrogen-bond acceptors (Lipinski definition) is 5. The fraction of sp³-hybridized carbons (Fsp3) is 0.231. The zero-order valence-electron chi connectivity index (χ0n) is 10.1. The molecule has 0 aliphatic heterocycles. The summed E-state index contributed by atoms with van der Waals surface area (Å²) in [6.07, 6.45) is 0. The minimum atomic E-state index is -0.397. The average Bonchev–Trinajstić information content (AvgIpc) is 2.43. The highest BCUT2D eigenvalue weighted by molar-refractivity contribution is 5.77. The molecule has 92 valence electrons. The molecule has 0 aromatic heterocycles. The first-order valence-electron chi connectivity index (χ1n) is 5.08. The van der Waals surface area contributed by atoms with Gasteiger partial charge in [-0.25, -0.2) is 0 Å². The SMILES string of the molecule is COc1ccc(C(CO)=C(C#N)C#N)cc1OC. The number of aliphatic hydroxyl groups is 1. The Bertz CT molecular complexity index is 534. The first kappa shape index (κ1) is 13.6. The number of hydrogen-bond donors (Lipinski definition) is 1. The summed E-state index contributed by atoms with van der Waals surface area (Å²) in [4.78, 5) is 0. The second-order valence-corrected chi connectivity index (χ2v) is 3.31. The van der Waals surface area contributed by atoms with Gasteiger partial charge < -0.3 is 14.6 Å². The van der Waals surface area contributed by atoms with Gasteiger partial charge in [-0.1, -0.05) is 6.07 Å². The molecular formula is C13H12N2O3. The van der Waals surface area contributed by atoms with Crippen molar-refractivity contribution < 1.29 is 14.6 Å². The lowest BCUT2D eigenvalue weighted by molar-refractivity contribution is 0.348. The Kier molecular flexibility index (Phi) is 4.74. The molecular weight excluding hydrogens is 232 g/mol. The van der Waals surface area contributed by atoms with Crippen LogP contribution in [0.2, 0.25) is 0 Å². The van der Waals surface area contributed by atoms with E-state index in [0.717, 1.165) is 0 Å². The van der Waals surface area contributed by atoms with Gasteiger partial charge in [0.1, 0.15) is 17.7 Å². The van der Waals surface area contributed by atoms with Gasteiger partial charge >= 0.3 is 0 Å². The topological polar surface area (TPSA) is 86.3 Å². The number of allylic oxidation sites excluding steroid dienone is 1. The molecule has 0 saturated carbocycles. The van der Waals surface area contributed by atoms with Crippen LogP contribution in [0.1, 0.15) is 5.56 Å². The maximum Gasteiger partial charge on any atom is 0.161 e. The predicted octanol–water partition coefficient (Wildman–Crippen LogP) is 1.50. The van der Waals surface area contributed by atoms with E-state index < -0.39 is 6.61 Å². The first-order chi connectivity index (χ1) is 8.71. The van der Waals surface area contributed by atoms with Crippen molar-refractivity contribution in [2.45, 2.75) is 0 Å². The highest BCUT2D eigenvalue weighted by Gasteiger charge is 2.11. The van der Waals surface area contributed by atoms with Crippen molar-refractivity contribution in [3.05, 3.63) is 29.3 Å². The van der Waals surface area contributed by atoms with Crippen molar-refractivity contribution in [1.82, 2.24) is 0 Å². The molecule has 1 N–H and O–H groups in total. The van der Waals surface area contributed by atoms with Gasteiger partial charge in [0.25, 0.3) is 0 Å². The molecule has 0 atom stereocenters. The van der Waals surface area contributed by atoms with E-state index in [-0.39, 0.29) is 11.1 Å². The van der Waals surface area contributed by atoms with Crippen molar-refractivity contribution >= 4 is 5.57 Å². The number of ether oxygens (including phenoxy) is 2. The van der Waals surface area contributed by atoms with Crippen LogP contribution < -0.4 is 9.47 Å². The molecule has 1 rings (SSSR count). The summed E-state index contributed by atoms with van der Waals surface area (Å²) in [5, 5.41) is 26.9. The molecule has 5 heteroatoms. The summed E-state index contributed by atoms with van der Waals surface area (Å²) in [7, 11) is 3.00. The van der Waals surface area contributed by atoms with E-state index in [1.165, 1.54) is 14.2 Å². The molecule has 0 aliphatic carbocycles. The minimum Gasteiger partial charge on any atom is -0.493 e. The van der Waals surface area contributed by atoms with E-state index in [2.05, 4.69) is 0 Å². The normalized spacial score (nSPS) is 8.94. The van der Waals surface area contributed by atoms with Gasteiger partial charge in [-0.05, 0) is 17.7 Å². The summed E-state index contributed by atoms with van der Waals surface area (Å²) in [6.45, 7) is -0.397. The molecule has 0 spiro atoms. The van der Waals surface area contributed by atoms with E-state index in [1.54, 1.807) is 30.3 Å². The van der Waals surface area contributed by atoms with Gasteiger partial charge in [-0.15, -0.1) is 0 Å². The van der Waals surface area contributed by atoms with Crippen molar-refractivity contribution in [1.29, 1.82) is 10.5 Å². The molecule has 18 heavy (non-hydrogen) atoms. The van der Waals surface area contributed by atoms with E-state index in [4.69, 9.17) is 20.0 Å². The van der Waals surface area contributed by atoms with Crippen molar-refractivity contribution in [2.24, 2.45) is 0 Å². The summed E-state index contributed by atoms with van der Waals surface area (Å²) in [5.41, 5.74) is 0.693. The minimum absolute atomic E-state index is 0.121. The van der Waals surface area contributed by atoms with Crippen molar-refractivity contribution in [2.75, 3.05) is 20.8 Å². The van der Waals surface area contributed by atoms with Crippen LogP contribution in [-0.4, -0.2) is 25.9 Å². The molecule has 1 aromatic rings. The molecule has 0 saturated heterocycles. The van der Waals surface area contributed by atoms with E-state index in [9.17, 15) is 5.11 Å². The van der Waals surface area contributed by atoms with E-state index >= 15 is 0 Å². The summed E-state index contributed by atoms with van der Waals surface area (Å²) >= 11 is 0. The number of aliphatic hydroxyl groups excluding tert-OH is 1. The second-order valence-electron chi connectivity index (χ2n) is 3.31. The zero-order valence-corrected chi connectivity index (χ0v) is 10.1. The smallest absolute Gasteiger partial charge is 0.161 e. The third-order valence-corrected chi connectivity index (χ3v) is 2.42. The number of rotatable bonds is 4. The molecule has 5 nitrogen and oxygen atoms in total. The Hall–Kier alpha value is -2.50. The monoisotopic (exact) mass is 244 g/mol. The molecule has 0 heterocycles. The lowest BCUT2D eigenvalue weighted by Crippen LogP contribution is -1.97. The summed E-state index contributed by atoms with van der Waals surface area (Å²) in [5.74, 6) is 1.00. The average molecular weight is 244 g/mol. The van der Waals surface area contributed by atoms with Crippen LogP contribution >= 0.6 is 0 Å². The maximum absolute atomic E-state index is 9.27. The molecule has 0 aliphatic rings. The fourth-order valence-electron chi connectivity index (χ4n) is 1.50. The first-order valence-corrected chi connectivity index (χ1v) is 5.08. The Morgan fingerprint density at radius 3 is 2.22 bits per heavy atom. The fourth-order valence-corrected chi connectivity index (χ4v) is 1.50. The van der Waals surface area contributed by atoms with Crippen LogP contribution in [0.4, 0.5) is 0 Å². The Balaban J connectivity index is 3.39. The van der Waals surface area contributed by atoms with Crippen LogP contribution in [0.15, 0.2) is 23.8 Å². The third kappa shape index (κ3) is 2.60. The molecule has 0 bridgehead atoms. The number of benzene rings is 1. The predicted molar refractivity (Wildman–Crippen MR) is 64.8 cm³/mol. The highest BCUT2D eigenvalue weighted by atomic mass is 16.5. The van der Waals surface area contributed by atoms with Crippen LogP contribution in [0.3, 0.4) is 0 Å². The largest absolute Gasteiger partial charge is 0.493 e. The Labute approximate surface area is 105 Å². The number of nitrogens with zero attached hydrogens (tertiary/aromatic N) is 2. The maximum atomic E-state index is 9.27. The van der Waals surface area contributed by atoms with Gasteiger partial charge in [0.05, 0.1) is 20.8 Å². The third-order valence-electron chi connectivity index (χ3n) is 2.42. The van der Waals surface area contributed by atoms with Gasteiger partial charge in [0.15, 0.2) is 11.5 Å². The molecule has 1 aromatic carbocycles. The molecule has 0 fully saturated rings. The molecule has 0 unspecified atom stereocenters. The molecule has 0 radical (unpaired) electrons. The van der Waals surface area contributed by atoms with Crippen LogP contribution in [0.5, 0.6) is 11.5 Å². The van der Waals surface area contributed by atoms with Gasteiger partial charge in [-0.3, -0.25) is 0 Å². The van der Waals surface area contributed by atoms with Crippen molar-refractivity contribution in [3.8, 4) is 23.6 Å². The molecule has 0 amide bonds. The lowest BCUT2D eigenvalue weighted by atomic mass is 10.0. The number of methoxy groups -OCH3 is 2. The zero-order chi connectivity index (χ0) is 13.5. The van der Waals surface area contributed by atoms with E-state index in [0.29, 0.717) is 17.1 Å². The van der Waals surface area contributed by atoms with Gasteiger partial charge in [0.2, 0.25) is 0 Å². The number of nitriles is 2. The lowest BCUT2D eigenvalue weighted by Gasteiger charge is -2.10. The van der Waals surface area contributed by atoms with E-state index in [1.807, 2.05) is 0 Å². The summed E-state index contributed by atoms with van der Waals surface area (Å²) in [6, 6.07) is 8.42. The highest BCUT2D eigenvalue weighted by Crippen LogP contribution is 2.31. The summed E-state index contributed by atoms with van der Waals surface area (Å²) < 4.78 is 10.2. The van der Waals surface area contributed by atoms with Gasteiger partial charge in [-0.2, -0.15) is 10.5 Å². The Morgan fingerprint density at radius 1 is 1.17 bits per heavy atom. The van der Waals surface area contributed by atoms with Crippen LogP contribution in [0.25, 0.3) is 5.57 Å². The van der Waals surface area contributed by atoms with Gasteiger partial charge in [0, 0.05) is 5.57 Å². The van der Waals surface area contributed by atoms with Crippen molar-refractivity contribution in [3.63, 3.8) is 0 Å². The standard InChI is InChI=1S/C13H12N2O3/c1-17-12-4-3-9(5-13(12)18-2)11(8-16)10(6-14)7-15/h3-5,16H,8H2,1-2H3.